The second-order valence-corrected chi connectivity index (χ2v) is 3.11. The lowest BCUT2D eigenvalue weighted by molar-refractivity contribution is 0.111. The Bertz CT molecular complexity index is 323. The van der Waals surface area contributed by atoms with Gasteiger partial charge < -0.3 is 9.47 Å². The Morgan fingerprint density at radius 2 is 1.50 bits per heavy atom. The van der Waals surface area contributed by atoms with Crippen LogP contribution in [-0.4, -0.2) is 0 Å². The fourth-order valence-corrected chi connectivity index (χ4v) is 1.32. The summed E-state index contributed by atoms with van der Waals surface area (Å²) in [7, 11) is 0. The Morgan fingerprint density at radius 1 is 1.00 bits per heavy atom. The molecule has 0 amide bonds. The molecule has 0 bridgehead atoms. The first-order valence-corrected chi connectivity index (χ1v) is 4.60. The molecule has 0 aromatic rings. The van der Waals surface area contributed by atoms with Crippen molar-refractivity contribution in [2.24, 2.45) is 0 Å². The summed E-state index contributed by atoms with van der Waals surface area (Å²) in [5, 5.41) is 0. The van der Waals surface area contributed by atoms with Crippen molar-refractivity contribution in [2.75, 3.05) is 0 Å². The van der Waals surface area contributed by atoms with E-state index in [-0.39, 0.29) is 0 Å². The van der Waals surface area contributed by atoms with Crippen LogP contribution in [0.15, 0.2) is 60.5 Å². The summed E-state index contributed by atoms with van der Waals surface area (Å²) < 4.78 is 10.8. The van der Waals surface area contributed by atoms with E-state index in [1.54, 1.807) is 0 Å². The standard InChI is InChI=1S/C12H12O2/c1-10(13-11-6-2-3-7-11)14-12-8-4-5-9-12/h2-6,8H,1,7,9H2. The van der Waals surface area contributed by atoms with E-state index in [2.05, 4.69) is 6.58 Å². The fourth-order valence-electron chi connectivity index (χ4n) is 1.32. The lowest BCUT2D eigenvalue weighted by Crippen LogP contribution is -1.95. The topological polar surface area (TPSA) is 18.5 Å². The fraction of sp³-hybridized carbons (Fsp3) is 0.167. The van der Waals surface area contributed by atoms with Crippen molar-refractivity contribution in [1.29, 1.82) is 0 Å². The third kappa shape index (κ3) is 2.16. The maximum absolute atomic E-state index is 5.39. The van der Waals surface area contributed by atoms with Gasteiger partial charge in [-0.05, 0) is 18.7 Å². The van der Waals surface area contributed by atoms with Crippen LogP contribution in [0.1, 0.15) is 12.8 Å². The molecule has 0 aromatic heterocycles. The van der Waals surface area contributed by atoms with Gasteiger partial charge in [-0.1, -0.05) is 24.3 Å². The molecule has 72 valence electrons. The van der Waals surface area contributed by atoms with Crippen molar-refractivity contribution in [2.45, 2.75) is 12.8 Å². The van der Waals surface area contributed by atoms with Crippen LogP contribution >= 0.6 is 0 Å². The maximum atomic E-state index is 5.39. The third-order valence-electron chi connectivity index (χ3n) is 1.96. The number of ether oxygens (including phenoxy) is 2. The smallest absolute Gasteiger partial charge is 0.282 e. The van der Waals surface area contributed by atoms with Crippen LogP contribution in [0.3, 0.4) is 0 Å². The second-order valence-electron chi connectivity index (χ2n) is 3.11. The van der Waals surface area contributed by atoms with Gasteiger partial charge in [0.05, 0.1) is 0 Å². The van der Waals surface area contributed by atoms with Gasteiger partial charge in [0.25, 0.3) is 5.95 Å². The zero-order chi connectivity index (χ0) is 9.80. The number of rotatable bonds is 4. The maximum Gasteiger partial charge on any atom is 0.282 e. The molecule has 0 aromatic carbocycles. The van der Waals surface area contributed by atoms with Gasteiger partial charge in [-0.2, -0.15) is 0 Å². The van der Waals surface area contributed by atoms with E-state index in [1.807, 2.05) is 36.5 Å². The molecule has 0 spiro atoms. The van der Waals surface area contributed by atoms with Gasteiger partial charge in [0.15, 0.2) is 0 Å². The minimum Gasteiger partial charge on any atom is -0.431 e. The molecule has 0 heterocycles. The zero-order valence-corrected chi connectivity index (χ0v) is 7.90. The van der Waals surface area contributed by atoms with E-state index >= 15 is 0 Å². The van der Waals surface area contributed by atoms with E-state index < -0.39 is 0 Å². The van der Waals surface area contributed by atoms with Gasteiger partial charge in [0.2, 0.25) is 0 Å². The third-order valence-corrected chi connectivity index (χ3v) is 1.96. The first-order chi connectivity index (χ1) is 6.84. The molecule has 0 saturated carbocycles. The first-order valence-electron chi connectivity index (χ1n) is 4.60. The summed E-state index contributed by atoms with van der Waals surface area (Å²) >= 11 is 0. The van der Waals surface area contributed by atoms with Crippen molar-refractivity contribution in [1.82, 2.24) is 0 Å². The lowest BCUT2D eigenvalue weighted by atomic mass is 10.4. The molecule has 2 nitrogen and oxygen atoms in total. The first kappa shape index (κ1) is 8.88. The summed E-state index contributed by atoms with van der Waals surface area (Å²) in [6.07, 6.45) is 13.4. The average Bonchev–Trinajstić information content (AvgIpc) is 2.76. The molecule has 14 heavy (non-hydrogen) atoms. The number of allylic oxidation sites excluding steroid dienone is 6. The van der Waals surface area contributed by atoms with Gasteiger partial charge in [-0.25, -0.2) is 0 Å². The molecule has 2 aliphatic carbocycles. The van der Waals surface area contributed by atoms with Crippen LogP contribution in [0.2, 0.25) is 0 Å². The normalized spacial score (nSPS) is 18.0. The Kier molecular flexibility index (Phi) is 2.54. The van der Waals surface area contributed by atoms with Gasteiger partial charge in [0.1, 0.15) is 11.5 Å². The van der Waals surface area contributed by atoms with Gasteiger partial charge in [0, 0.05) is 12.8 Å². The summed E-state index contributed by atoms with van der Waals surface area (Å²) in [5.41, 5.74) is 0. The quantitative estimate of drug-likeness (QED) is 0.631. The lowest BCUT2D eigenvalue weighted by Gasteiger charge is -2.10. The number of hydrogen-bond donors (Lipinski definition) is 0. The summed E-state index contributed by atoms with van der Waals surface area (Å²) in [5.74, 6) is 2.10. The Hall–Kier alpha value is -1.70. The van der Waals surface area contributed by atoms with E-state index in [4.69, 9.17) is 9.47 Å². The van der Waals surface area contributed by atoms with Gasteiger partial charge in [-0.15, -0.1) is 0 Å². The molecule has 0 atom stereocenters. The molecule has 2 rings (SSSR count). The molecule has 2 aliphatic rings. The van der Waals surface area contributed by atoms with Crippen LogP contribution in [0.25, 0.3) is 0 Å². The largest absolute Gasteiger partial charge is 0.431 e. The van der Waals surface area contributed by atoms with E-state index in [0.29, 0.717) is 5.95 Å². The van der Waals surface area contributed by atoms with E-state index in [1.165, 1.54) is 0 Å². The highest BCUT2D eigenvalue weighted by Gasteiger charge is 2.07. The van der Waals surface area contributed by atoms with Crippen molar-refractivity contribution >= 4 is 0 Å². The predicted molar refractivity (Wildman–Crippen MR) is 55.0 cm³/mol. The van der Waals surface area contributed by atoms with Gasteiger partial charge in [-0.3, -0.25) is 0 Å². The van der Waals surface area contributed by atoms with E-state index in [9.17, 15) is 0 Å². The highest BCUT2D eigenvalue weighted by atomic mass is 16.7. The van der Waals surface area contributed by atoms with Crippen molar-refractivity contribution in [3.63, 3.8) is 0 Å². The van der Waals surface area contributed by atoms with Crippen molar-refractivity contribution in [3.05, 3.63) is 60.5 Å². The van der Waals surface area contributed by atoms with Crippen molar-refractivity contribution < 1.29 is 9.47 Å². The monoisotopic (exact) mass is 188 g/mol. The molecule has 0 saturated heterocycles. The summed E-state index contributed by atoms with van der Waals surface area (Å²) in [6.45, 7) is 3.70. The van der Waals surface area contributed by atoms with Gasteiger partial charge >= 0.3 is 0 Å². The van der Waals surface area contributed by atoms with Crippen LogP contribution < -0.4 is 0 Å². The molecular weight excluding hydrogens is 176 g/mol. The molecule has 0 N–H and O–H groups in total. The summed E-state index contributed by atoms with van der Waals surface area (Å²) in [4.78, 5) is 0. The van der Waals surface area contributed by atoms with Crippen LogP contribution in [-0.2, 0) is 9.47 Å². The zero-order valence-electron chi connectivity index (χ0n) is 7.90. The Balaban J connectivity index is 1.79. The minimum atomic E-state index is 0.342. The molecule has 0 aliphatic heterocycles. The van der Waals surface area contributed by atoms with Crippen LogP contribution in [0.5, 0.6) is 0 Å². The highest BCUT2D eigenvalue weighted by molar-refractivity contribution is 5.21. The predicted octanol–water partition coefficient (Wildman–Crippen LogP) is 3.18. The molecule has 2 heteroatoms. The molecule has 0 radical (unpaired) electrons. The van der Waals surface area contributed by atoms with Crippen molar-refractivity contribution in [3.8, 4) is 0 Å². The average molecular weight is 188 g/mol. The summed E-state index contributed by atoms with van der Waals surface area (Å²) in [6, 6.07) is 0. The SMILES string of the molecule is C=C(OC1=CC=CC1)OC1=CC=CC1. The van der Waals surface area contributed by atoms with Crippen LogP contribution in [0, 0.1) is 0 Å². The Morgan fingerprint density at radius 3 is 1.86 bits per heavy atom. The number of hydrogen-bond acceptors (Lipinski definition) is 2. The molecule has 0 unspecified atom stereocenters. The minimum absolute atomic E-state index is 0.342. The molecular formula is C12H12O2. The van der Waals surface area contributed by atoms with E-state index in [0.717, 1.165) is 24.4 Å². The highest BCUT2D eigenvalue weighted by Crippen LogP contribution is 2.20. The Labute approximate surface area is 83.5 Å². The van der Waals surface area contributed by atoms with Crippen LogP contribution in [0.4, 0.5) is 0 Å². The second kappa shape index (κ2) is 4.01. The molecule has 0 fully saturated rings.